The summed E-state index contributed by atoms with van der Waals surface area (Å²) in [5, 5.41) is 54.6. The van der Waals surface area contributed by atoms with E-state index in [1.54, 1.807) is 6.08 Å². The van der Waals surface area contributed by atoms with Crippen LogP contribution in [-0.4, -0.2) is 87.5 Å². The van der Waals surface area contributed by atoms with Crippen LogP contribution in [0.3, 0.4) is 0 Å². The molecule has 7 atom stereocenters. The zero-order chi connectivity index (χ0) is 55.8. The maximum atomic E-state index is 13.1. The summed E-state index contributed by atoms with van der Waals surface area (Å²) >= 11 is 0. The largest absolute Gasteiger partial charge is 0.394 e. The van der Waals surface area contributed by atoms with Gasteiger partial charge < -0.3 is 40.3 Å². The number of rotatable bonds is 54. The monoisotopic (exact) mass is 1080 g/mol. The van der Waals surface area contributed by atoms with Crippen LogP contribution in [-0.2, 0) is 14.3 Å². The smallest absolute Gasteiger partial charge is 0.220 e. The molecule has 77 heavy (non-hydrogen) atoms. The molecule has 1 fully saturated rings. The van der Waals surface area contributed by atoms with Crippen LogP contribution in [0.5, 0.6) is 0 Å². The van der Waals surface area contributed by atoms with Gasteiger partial charge in [-0.05, 0) is 89.9 Å². The molecule has 1 heterocycles. The van der Waals surface area contributed by atoms with Crippen molar-refractivity contribution in [3.05, 3.63) is 97.2 Å². The Balaban J connectivity index is 2.15. The first-order chi connectivity index (χ1) is 37.8. The van der Waals surface area contributed by atoms with Gasteiger partial charge in [-0.25, -0.2) is 0 Å². The van der Waals surface area contributed by atoms with Crippen LogP contribution in [0.2, 0.25) is 0 Å². The average Bonchev–Trinajstić information content (AvgIpc) is 3.43. The minimum Gasteiger partial charge on any atom is -0.394 e. The lowest BCUT2D eigenvalue weighted by Gasteiger charge is -2.40. The molecule has 1 saturated heterocycles. The van der Waals surface area contributed by atoms with Crippen molar-refractivity contribution < 1.29 is 39.8 Å². The Morgan fingerprint density at radius 1 is 0.455 bits per heavy atom. The van der Waals surface area contributed by atoms with Crippen molar-refractivity contribution in [2.45, 2.75) is 314 Å². The fourth-order valence-corrected chi connectivity index (χ4v) is 9.63. The van der Waals surface area contributed by atoms with E-state index in [1.807, 2.05) is 6.08 Å². The van der Waals surface area contributed by atoms with Crippen LogP contribution in [0, 0.1) is 0 Å². The Morgan fingerprint density at radius 3 is 1.25 bits per heavy atom. The Bertz CT molecular complexity index is 1530. The molecule has 1 rings (SSSR count). The molecule has 7 unspecified atom stereocenters. The average molecular weight is 1080 g/mol. The molecule has 6 N–H and O–H groups in total. The quantitative estimate of drug-likeness (QED) is 0.0261. The van der Waals surface area contributed by atoms with Gasteiger partial charge in [0, 0.05) is 6.42 Å². The van der Waals surface area contributed by atoms with E-state index in [1.165, 1.54) is 173 Å². The van der Waals surface area contributed by atoms with E-state index in [0.29, 0.717) is 6.42 Å². The normalized spacial score (nSPS) is 19.4. The lowest BCUT2D eigenvalue weighted by atomic mass is 9.99. The predicted octanol–water partition coefficient (Wildman–Crippen LogP) is 16.7. The van der Waals surface area contributed by atoms with E-state index in [9.17, 15) is 30.3 Å². The second-order valence-electron chi connectivity index (χ2n) is 21.8. The summed E-state index contributed by atoms with van der Waals surface area (Å²) in [4.78, 5) is 13.1. The van der Waals surface area contributed by atoms with Crippen molar-refractivity contribution in [1.82, 2.24) is 5.32 Å². The first kappa shape index (κ1) is 72.1. The van der Waals surface area contributed by atoms with Crippen LogP contribution in [0.1, 0.15) is 271 Å². The van der Waals surface area contributed by atoms with Crippen molar-refractivity contribution in [1.29, 1.82) is 0 Å². The predicted molar refractivity (Wildman–Crippen MR) is 327 cm³/mol. The molecule has 0 aromatic carbocycles. The molecular formula is C68H119NO8. The van der Waals surface area contributed by atoms with Crippen molar-refractivity contribution in [3.63, 3.8) is 0 Å². The second kappa shape index (κ2) is 56.4. The van der Waals surface area contributed by atoms with Crippen molar-refractivity contribution in [2.24, 2.45) is 0 Å². The number of aliphatic hydroxyl groups excluding tert-OH is 5. The minimum atomic E-state index is -1.58. The zero-order valence-corrected chi connectivity index (χ0v) is 49.4. The highest BCUT2D eigenvalue weighted by atomic mass is 16.7. The van der Waals surface area contributed by atoms with Gasteiger partial charge in [-0.15, -0.1) is 0 Å². The van der Waals surface area contributed by atoms with E-state index in [-0.39, 0.29) is 12.5 Å². The van der Waals surface area contributed by atoms with Crippen LogP contribution in [0.4, 0.5) is 0 Å². The summed E-state index contributed by atoms with van der Waals surface area (Å²) in [5.41, 5.74) is 0. The molecule has 0 bridgehead atoms. The van der Waals surface area contributed by atoms with Gasteiger partial charge >= 0.3 is 0 Å². The summed E-state index contributed by atoms with van der Waals surface area (Å²) in [7, 11) is 0. The third kappa shape index (κ3) is 45.5. The number of amides is 1. The number of hydrogen-bond acceptors (Lipinski definition) is 8. The first-order valence-corrected chi connectivity index (χ1v) is 32.0. The molecule has 9 heteroatoms. The van der Waals surface area contributed by atoms with E-state index in [0.717, 1.165) is 77.0 Å². The van der Waals surface area contributed by atoms with Gasteiger partial charge in [0.05, 0.1) is 25.4 Å². The van der Waals surface area contributed by atoms with E-state index >= 15 is 0 Å². The Morgan fingerprint density at radius 2 is 0.818 bits per heavy atom. The first-order valence-electron chi connectivity index (χ1n) is 32.0. The Labute approximate surface area is 473 Å². The summed E-state index contributed by atoms with van der Waals surface area (Å²) in [6, 6.07) is -0.832. The summed E-state index contributed by atoms with van der Waals surface area (Å²) in [6.07, 6.45) is 74.9. The number of unbranched alkanes of at least 4 members (excludes halogenated alkanes) is 30. The van der Waals surface area contributed by atoms with Crippen LogP contribution in [0.15, 0.2) is 97.2 Å². The van der Waals surface area contributed by atoms with Crippen LogP contribution >= 0.6 is 0 Å². The number of carbonyl (C=O) groups excluding carboxylic acids is 1. The summed E-state index contributed by atoms with van der Waals surface area (Å²) in [6.45, 7) is 3.65. The molecule has 0 aromatic heterocycles. The number of hydrogen-bond donors (Lipinski definition) is 6. The Hall–Kier alpha value is -2.89. The third-order valence-electron chi connectivity index (χ3n) is 14.6. The molecule has 0 saturated carbocycles. The third-order valence-corrected chi connectivity index (χ3v) is 14.6. The Kier molecular flexibility index (Phi) is 52.8. The lowest BCUT2D eigenvalue weighted by molar-refractivity contribution is -0.302. The van der Waals surface area contributed by atoms with Crippen LogP contribution in [0.25, 0.3) is 0 Å². The summed E-state index contributed by atoms with van der Waals surface area (Å²) < 4.78 is 11.3. The van der Waals surface area contributed by atoms with Gasteiger partial charge in [-0.1, -0.05) is 272 Å². The second-order valence-corrected chi connectivity index (χ2v) is 21.8. The number of ether oxygens (including phenoxy) is 2. The highest BCUT2D eigenvalue weighted by Gasteiger charge is 2.44. The molecule has 0 radical (unpaired) electrons. The molecule has 444 valence electrons. The molecule has 0 aliphatic carbocycles. The highest BCUT2D eigenvalue weighted by molar-refractivity contribution is 5.76. The van der Waals surface area contributed by atoms with Gasteiger partial charge in [0.2, 0.25) is 5.91 Å². The number of allylic oxidation sites excluding steroid dienone is 15. The van der Waals surface area contributed by atoms with Crippen molar-refractivity contribution >= 4 is 5.91 Å². The maximum Gasteiger partial charge on any atom is 0.220 e. The van der Waals surface area contributed by atoms with E-state index in [2.05, 4.69) is 104 Å². The topological polar surface area (TPSA) is 149 Å². The van der Waals surface area contributed by atoms with E-state index < -0.39 is 49.5 Å². The zero-order valence-electron chi connectivity index (χ0n) is 49.4. The van der Waals surface area contributed by atoms with Crippen molar-refractivity contribution in [2.75, 3.05) is 13.2 Å². The lowest BCUT2D eigenvalue weighted by Crippen LogP contribution is -2.60. The van der Waals surface area contributed by atoms with E-state index in [4.69, 9.17) is 9.47 Å². The van der Waals surface area contributed by atoms with Crippen LogP contribution < -0.4 is 5.32 Å². The number of nitrogens with one attached hydrogen (secondary N) is 1. The molecule has 1 aliphatic heterocycles. The number of aliphatic hydroxyl groups is 5. The molecule has 1 amide bonds. The molecular weight excluding hydrogens is 959 g/mol. The fraction of sp³-hybridized carbons (Fsp3) is 0.750. The molecule has 0 aromatic rings. The fourth-order valence-electron chi connectivity index (χ4n) is 9.63. The molecule has 9 nitrogen and oxygen atoms in total. The number of carbonyl (C=O) groups is 1. The molecule has 1 aliphatic rings. The van der Waals surface area contributed by atoms with Gasteiger partial charge in [-0.3, -0.25) is 4.79 Å². The standard InChI is InChI=1S/C68H119NO8/c1-3-5-7-9-11-13-15-17-19-21-23-24-25-26-27-28-29-30-31-32-33-34-35-36-37-38-40-42-44-46-48-50-52-54-56-58-64(72)69-61(60-76-68-67(75)66(74)65(73)63(59-70)77-68)62(71)57-55-53-51-49-47-45-43-41-39-22-20-18-16-14-12-10-8-6-4-2/h5,7,11,13,17,19,23-24,26-27,39,41,47,49,55,57,61-63,65-68,70-71,73-75H,3-4,6,8-10,12,14-16,18,20-22,25,28-38,40,42-46,48,50-54,56,58-60H2,1-2H3,(H,69,72)/b7-5-,13-11-,19-17-,24-23-,27-26-,41-39+,49-47+,57-55+. The summed E-state index contributed by atoms with van der Waals surface area (Å²) in [5.74, 6) is -0.190. The molecule has 0 spiro atoms. The van der Waals surface area contributed by atoms with Gasteiger partial charge in [-0.2, -0.15) is 0 Å². The minimum absolute atomic E-state index is 0.190. The maximum absolute atomic E-state index is 13.1. The van der Waals surface area contributed by atoms with Gasteiger partial charge in [0.25, 0.3) is 0 Å². The van der Waals surface area contributed by atoms with Gasteiger partial charge in [0.1, 0.15) is 24.4 Å². The highest BCUT2D eigenvalue weighted by Crippen LogP contribution is 2.23. The van der Waals surface area contributed by atoms with Crippen molar-refractivity contribution in [3.8, 4) is 0 Å². The van der Waals surface area contributed by atoms with Gasteiger partial charge in [0.15, 0.2) is 6.29 Å². The SMILES string of the molecule is CC/C=C\C/C=C\C/C=C\C/C=C\C/C=C\CCCCCCCCCCCCCCCCCCCCCC(=O)NC(COC1OC(CO)C(O)C(O)C1O)C(O)/C=C/CC/C=C/CC/C=C/CCCCCCCCCCC.